The van der Waals surface area contributed by atoms with Crippen LogP contribution >= 0.6 is 11.6 Å². The first-order valence-corrected chi connectivity index (χ1v) is 12.3. The highest BCUT2D eigenvalue weighted by Gasteiger charge is 2.39. The third-order valence-corrected chi connectivity index (χ3v) is 7.97. The van der Waals surface area contributed by atoms with E-state index in [0.29, 0.717) is 22.1 Å². The Bertz CT molecular complexity index is 1210. The number of halogens is 1. The lowest BCUT2D eigenvalue weighted by Gasteiger charge is -2.24. The summed E-state index contributed by atoms with van der Waals surface area (Å²) in [6, 6.07) is 18.9. The summed E-state index contributed by atoms with van der Waals surface area (Å²) in [6.07, 6.45) is 0.00195. The Morgan fingerprint density at radius 3 is 2.39 bits per heavy atom. The van der Waals surface area contributed by atoms with E-state index < -0.39 is 21.3 Å². The molecule has 0 saturated heterocycles. The van der Waals surface area contributed by atoms with Gasteiger partial charge in [0.15, 0.2) is 11.5 Å². The van der Waals surface area contributed by atoms with Crippen molar-refractivity contribution in [1.29, 1.82) is 0 Å². The molecule has 0 spiro atoms. The second kappa shape index (κ2) is 9.98. The van der Waals surface area contributed by atoms with Gasteiger partial charge in [0.25, 0.3) is 0 Å². The van der Waals surface area contributed by atoms with Crippen molar-refractivity contribution >= 4 is 28.4 Å². The fraction of sp³-hybridized carbons (Fsp3) is 0.269. The SMILES string of the molecule is CCOC(=O)CC1c2ccccc2-c2ccc(Cl)cc2[C@H](c2cccc(OC)c2OC)S1=O. The molecular formula is C26H25ClO5S. The fourth-order valence-electron chi connectivity index (χ4n) is 4.41. The van der Waals surface area contributed by atoms with Crippen LogP contribution in [0.4, 0.5) is 0 Å². The van der Waals surface area contributed by atoms with E-state index in [-0.39, 0.29) is 19.0 Å². The Morgan fingerprint density at radius 2 is 1.67 bits per heavy atom. The molecular weight excluding hydrogens is 460 g/mol. The quantitative estimate of drug-likeness (QED) is 0.409. The molecule has 3 aromatic rings. The zero-order valence-electron chi connectivity index (χ0n) is 18.7. The first-order valence-electron chi connectivity index (χ1n) is 10.6. The summed E-state index contributed by atoms with van der Waals surface area (Å²) in [5.74, 6) is 0.662. The Balaban J connectivity index is 2.00. The van der Waals surface area contributed by atoms with Crippen LogP contribution in [0.1, 0.15) is 40.5 Å². The molecule has 4 rings (SSSR count). The number of hydrogen-bond donors (Lipinski definition) is 0. The third kappa shape index (κ3) is 4.37. The summed E-state index contributed by atoms with van der Waals surface area (Å²) < 4.78 is 30.8. The Morgan fingerprint density at radius 1 is 0.939 bits per heavy atom. The first kappa shape index (κ1) is 23.3. The van der Waals surface area contributed by atoms with Gasteiger partial charge >= 0.3 is 5.97 Å². The van der Waals surface area contributed by atoms with Crippen LogP contribution in [0.5, 0.6) is 11.5 Å². The normalized spacial score (nSPS) is 19.1. The maximum Gasteiger partial charge on any atom is 0.307 e. The molecule has 1 heterocycles. The van der Waals surface area contributed by atoms with Crippen molar-refractivity contribution in [2.24, 2.45) is 0 Å². The van der Waals surface area contributed by atoms with Gasteiger partial charge in [0.1, 0.15) is 0 Å². The largest absolute Gasteiger partial charge is 0.493 e. The van der Waals surface area contributed by atoms with Gasteiger partial charge in [-0.25, -0.2) is 0 Å². The molecule has 1 aliphatic rings. The number of carbonyl (C=O) groups is 1. The van der Waals surface area contributed by atoms with Crippen LogP contribution in [0.2, 0.25) is 5.02 Å². The van der Waals surface area contributed by atoms with Crippen LogP contribution in [0, 0.1) is 0 Å². The molecule has 3 atom stereocenters. The molecule has 0 aliphatic carbocycles. The second-order valence-electron chi connectivity index (χ2n) is 7.61. The molecule has 7 heteroatoms. The summed E-state index contributed by atoms with van der Waals surface area (Å²) >= 11 is 6.42. The summed E-state index contributed by atoms with van der Waals surface area (Å²) in [5.41, 5.74) is 4.21. The van der Waals surface area contributed by atoms with Gasteiger partial charge in [0.2, 0.25) is 0 Å². The summed E-state index contributed by atoms with van der Waals surface area (Å²) in [4.78, 5) is 12.6. The highest BCUT2D eigenvalue weighted by Crippen LogP contribution is 2.51. The van der Waals surface area contributed by atoms with Gasteiger partial charge in [0, 0.05) is 21.4 Å². The molecule has 2 unspecified atom stereocenters. The van der Waals surface area contributed by atoms with Gasteiger partial charge in [-0.2, -0.15) is 0 Å². The zero-order chi connectivity index (χ0) is 23.5. The minimum Gasteiger partial charge on any atom is -0.493 e. The Kier molecular flexibility index (Phi) is 7.05. The summed E-state index contributed by atoms with van der Waals surface area (Å²) in [6.45, 7) is 2.03. The van der Waals surface area contributed by atoms with Crippen LogP contribution in [-0.2, 0) is 20.3 Å². The van der Waals surface area contributed by atoms with Crippen LogP contribution in [0.25, 0.3) is 11.1 Å². The molecule has 0 aromatic heterocycles. The molecule has 0 bridgehead atoms. The number of hydrogen-bond acceptors (Lipinski definition) is 5. The first-order chi connectivity index (χ1) is 16.0. The molecule has 5 nitrogen and oxygen atoms in total. The highest BCUT2D eigenvalue weighted by atomic mass is 35.5. The number of fused-ring (bicyclic) bond motifs is 3. The van der Waals surface area contributed by atoms with Crippen LogP contribution in [-0.4, -0.2) is 31.0 Å². The van der Waals surface area contributed by atoms with Crippen LogP contribution < -0.4 is 9.47 Å². The average Bonchev–Trinajstić information content (AvgIpc) is 2.91. The monoisotopic (exact) mass is 484 g/mol. The van der Waals surface area contributed by atoms with Gasteiger partial charge in [-0.3, -0.25) is 9.00 Å². The molecule has 1 aliphatic heterocycles. The minimum absolute atomic E-state index is 0.00195. The lowest BCUT2D eigenvalue weighted by Crippen LogP contribution is -2.19. The van der Waals surface area contributed by atoms with Gasteiger partial charge in [0.05, 0.1) is 37.7 Å². The predicted octanol–water partition coefficient (Wildman–Crippen LogP) is 5.87. The van der Waals surface area contributed by atoms with E-state index in [4.69, 9.17) is 25.8 Å². The van der Waals surface area contributed by atoms with Gasteiger partial charge < -0.3 is 14.2 Å². The van der Waals surface area contributed by atoms with Crippen molar-refractivity contribution in [2.45, 2.75) is 23.8 Å². The van der Waals surface area contributed by atoms with E-state index in [9.17, 15) is 9.00 Å². The highest BCUT2D eigenvalue weighted by molar-refractivity contribution is 7.85. The Hall–Kier alpha value is -2.83. The minimum atomic E-state index is -1.56. The molecule has 0 saturated carbocycles. The number of para-hydroxylation sites is 1. The van der Waals surface area contributed by atoms with Crippen molar-refractivity contribution in [1.82, 2.24) is 0 Å². The molecule has 0 N–H and O–H groups in total. The number of ether oxygens (including phenoxy) is 3. The van der Waals surface area contributed by atoms with E-state index in [2.05, 4.69) is 0 Å². The Labute approximate surface area is 201 Å². The predicted molar refractivity (Wildman–Crippen MR) is 130 cm³/mol. The standard InChI is InChI=1S/C26H25ClO5S/c1-4-32-24(28)15-23-19-9-6-5-8-17(19)18-13-12-16(27)14-21(18)26(33(23)29)20-10-7-11-22(30-2)25(20)31-3/h5-14,23,26H,4,15H2,1-3H3/t23?,26-,33?/m0/s1. The van der Waals surface area contributed by atoms with Crippen molar-refractivity contribution in [3.05, 3.63) is 82.4 Å². The zero-order valence-corrected chi connectivity index (χ0v) is 20.2. The molecule has 0 radical (unpaired) electrons. The number of rotatable bonds is 6. The maximum absolute atomic E-state index is 14.4. The second-order valence-corrected chi connectivity index (χ2v) is 9.74. The van der Waals surface area contributed by atoms with E-state index in [1.165, 1.54) is 0 Å². The van der Waals surface area contributed by atoms with E-state index in [1.807, 2.05) is 54.6 Å². The molecule has 0 fully saturated rings. The molecule has 172 valence electrons. The van der Waals surface area contributed by atoms with Crippen molar-refractivity contribution in [2.75, 3.05) is 20.8 Å². The van der Waals surface area contributed by atoms with Crippen molar-refractivity contribution < 1.29 is 23.2 Å². The maximum atomic E-state index is 14.4. The van der Waals surface area contributed by atoms with Crippen LogP contribution in [0.3, 0.4) is 0 Å². The smallest absolute Gasteiger partial charge is 0.307 e. The topological polar surface area (TPSA) is 61.8 Å². The number of benzene rings is 3. The molecule has 33 heavy (non-hydrogen) atoms. The van der Waals surface area contributed by atoms with E-state index in [1.54, 1.807) is 27.2 Å². The third-order valence-electron chi connectivity index (χ3n) is 5.78. The van der Waals surface area contributed by atoms with Crippen molar-refractivity contribution in [3.63, 3.8) is 0 Å². The van der Waals surface area contributed by atoms with Crippen molar-refractivity contribution in [3.8, 4) is 22.6 Å². The van der Waals surface area contributed by atoms with E-state index in [0.717, 1.165) is 22.3 Å². The van der Waals surface area contributed by atoms with Gasteiger partial charge in [-0.15, -0.1) is 0 Å². The summed E-state index contributed by atoms with van der Waals surface area (Å²) in [7, 11) is 1.57. The number of methoxy groups -OCH3 is 2. The summed E-state index contributed by atoms with van der Waals surface area (Å²) in [5, 5.41) is -0.637. The van der Waals surface area contributed by atoms with Gasteiger partial charge in [-0.1, -0.05) is 54.1 Å². The number of esters is 1. The van der Waals surface area contributed by atoms with Gasteiger partial charge in [-0.05, 0) is 47.4 Å². The molecule has 0 amide bonds. The lowest BCUT2D eigenvalue weighted by atomic mass is 9.90. The fourth-order valence-corrected chi connectivity index (χ4v) is 6.55. The lowest BCUT2D eigenvalue weighted by molar-refractivity contribution is -0.143. The van der Waals surface area contributed by atoms with Crippen LogP contribution in [0.15, 0.2) is 60.7 Å². The number of carbonyl (C=O) groups excluding carboxylic acids is 1. The van der Waals surface area contributed by atoms with E-state index >= 15 is 0 Å². The average molecular weight is 485 g/mol. The molecule has 3 aromatic carbocycles.